The number of guanidine groups is 1. The lowest BCUT2D eigenvalue weighted by Crippen LogP contribution is -2.41. The minimum Gasteiger partial charge on any atom is -0.490 e. The number of aliphatic imine (C=N–C) groups is 1. The molecule has 2 heterocycles. The molecule has 9 heteroatoms. The Morgan fingerprint density at radius 2 is 1.58 bits per heavy atom. The van der Waals surface area contributed by atoms with Crippen molar-refractivity contribution in [2.24, 2.45) is 10.7 Å². The number of nitrogens with two attached hydrogens (primary N) is 1. The van der Waals surface area contributed by atoms with Crippen LogP contribution in [0.1, 0.15) is 38.8 Å². The molecule has 3 aromatic rings. The van der Waals surface area contributed by atoms with Crippen molar-refractivity contribution >= 4 is 11.9 Å². The molecular formula is C27H30F2N4O3. The van der Waals surface area contributed by atoms with Gasteiger partial charge in [0.1, 0.15) is 5.82 Å². The largest absolute Gasteiger partial charge is 0.490 e. The molecular weight excluding hydrogens is 466 g/mol. The van der Waals surface area contributed by atoms with Crippen LogP contribution in [-0.4, -0.2) is 42.0 Å². The van der Waals surface area contributed by atoms with Gasteiger partial charge < -0.3 is 15.2 Å². The van der Waals surface area contributed by atoms with Gasteiger partial charge in [-0.1, -0.05) is 26.0 Å². The number of likely N-dealkylation sites (N-methyl/N-ethyl adjacent to an activating group) is 1. The Labute approximate surface area is 209 Å². The van der Waals surface area contributed by atoms with E-state index in [0.29, 0.717) is 35.8 Å². The number of carbonyl (C=O) groups is 1. The smallest absolute Gasteiger partial charge is 0.266 e. The lowest BCUT2D eigenvalue weighted by molar-refractivity contribution is -0.129. The van der Waals surface area contributed by atoms with Gasteiger partial charge in [0.15, 0.2) is 23.0 Å². The molecule has 36 heavy (non-hydrogen) atoms. The van der Waals surface area contributed by atoms with Gasteiger partial charge in [0.2, 0.25) is 5.95 Å². The summed E-state index contributed by atoms with van der Waals surface area (Å²) in [6.45, 7) is 8.48. The first-order valence-corrected chi connectivity index (χ1v) is 11.8. The lowest BCUT2D eigenvalue weighted by Gasteiger charge is -2.27. The van der Waals surface area contributed by atoms with E-state index in [1.807, 2.05) is 27.7 Å². The Morgan fingerprint density at radius 1 is 0.944 bits per heavy atom. The number of aromatic nitrogens is 1. The molecule has 1 unspecified atom stereocenters. The van der Waals surface area contributed by atoms with Crippen LogP contribution in [0, 0.1) is 11.8 Å². The first-order valence-electron chi connectivity index (χ1n) is 11.8. The standard InChI is InChI=1S/C25H24F2N4O3.C2H6/c1-4-33-20-11-9-16(14-21(20)34-5-2)25(23(32)31(3)24(28)30-25)15-8-10-19(26)18(13-15)17-7-6-12-29-22(17)27;1-2/h6-14H,4-5H2,1-3H3,(H2,28,30);1-2H3. The van der Waals surface area contributed by atoms with E-state index in [-0.39, 0.29) is 17.1 Å². The Bertz CT molecular complexity index is 1280. The van der Waals surface area contributed by atoms with E-state index in [1.165, 1.54) is 48.5 Å². The number of carbonyl (C=O) groups excluding carboxylic acids is 1. The molecule has 2 aromatic carbocycles. The summed E-state index contributed by atoms with van der Waals surface area (Å²) in [5, 5.41) is 0. The maximum absolute atomic E-state index is 14.8. The molecule has 0 fully saturated rings. The van der Waals surface area contributed by atoms with Crippen LogP contribution in [0.4, 0.5) is 8.78 Å². The summed E-state index contributed by atoms with van der Waals surface area (Å²) in [7, 11) is 1.51. The van der Waals surface area contributed by atoms with Crippen molar-refractivity contribution in [1.82, 2.24) is 9.88 Å². The highest BCUT2D eigenvalue weighted by Gasteiger charge is 2.50. The molecule has 0 aliphatic carbocycles. The van der Waals surface area contributed by atoms with Gasteiger partial charge in [-0.05, 0) is 61.4 Å². The van der Waals surface area contributed by atoms with Gasteiger partial charge in [-0.15, -0.1) is 0 Å². The van der Waals surface area contributed by atoms with Crippen LogP contribution >= 0.6 is 0 Å². The molecule has 0 saturated carbocycles. The zero-order valence-electron chi connectivity index (χ0n) is 21.0. The minimum absolute atomic E-state index is 0.00437. The van der Waals surface area contributed by atoms with Gasteiger partial charge in [0.25, 0.3) is 5.91 Å². The fourth-order valence-corrected chi connectivity index (χ4v) is 4.00. The third kappa shape index (κ3) is 4.60. The molecule has 190 valence electrons. The Hall–Kier alpha value is -4.01. The van der Waals surface area contributed by atoms with E-state index < -0.39 is 23.2 Å². The van der Waals surface area contributed by atoms with Crippen molar-refractivity contribution in [2.75, 3.05) is 20.3 Å². The number of pyridine rings is 1. The molecule has 1 aromatic heterocycles. The SMILES string of the molecule is CC.CCOc1ccc(C2(c3ccc(F)c(-c4cccnc4F)c3)N=C(N)N(C)C2=O)cc1OCC. The van der Waals surface area contributed by atoms with E-state index in [2.05, 4.69) is 9.98 Å². The van der Waals surface area contributed by atoms with Crippen LogP contribution in [0.15, 0.2) is 59.7 Å². The summed E-state index contributed by atoms with van der Waals surface area (Å²) in [6.07, 6.45) is 1.28. The zero-order valence-corrected chi connectivity index (χ0v) is 21.0. The number of hydrogen-bond acceptors (Lipinski definition) is 6. The first-order chi connectivity index (χ1) is 17.3. The van der Waals surface area contributed by atoms with Crippen molar-refractivity contribution in [1.29, 1.82) is 0 Å². The van der Waals surface area contributed by atoms with Crippen LogP contribution in [0.25, 0.3) is 11.1 Å². The number of benzene rings is 2. The second-order valence-electron chi connectivity index (χ2n) is 7.61. The summed E-state index contributed by atoms with van der Waals surface area (Å²) >= 11 is 0. The minimum atomic E-state index is -1.63. The van der Waals surface area contributed by atoms with Crippen molar-refractivity contribution in [3.8, 4) is 22.6 Å². The van der Waals surface area contributed by atoms with Gasteiger partial charge >= 0.3 is 0 Å². The molecule has 7 nitrogen and oxygen atoms in total. The number of amides is 1. The lowest BCUT2D eigenvalue weighted by atomic mass is 9.81. The molecule has 1 amide bonds. The fourth-order valence-electron chi connectivity index (χ4n) is 4.00. The number of hydrogen-bond donors (Lipinski definition) is 1. The fraction of sp³-hybridized carbons (Fsp3) is 0.296. The molecule has 1 aliphatic heterocycles. The van der Waals surface area contributed by atoms with Crippen molar-refractivity contribution < 1.29 is 23.0 Å². The second kappa shape index (κ2) is 11.2. The van der Waals surface area contributed by atoms with Crippen LogP contribution in [0.2, 0.25) is 0 Å². The van der Waals surface area contributed by atoms with E-state index in [4.69, 9.17) is 15.2 Å². The van der Waals surface area contributed by atoms with Crippen LogP contribution in [0.5, 0.6) is 11.5 Å². The van der Waals surface area contributed by atoms with Gasteiger partial charge in [-0.3, -0.25) is 9.69 Å². The highest BCUT2D eigenvalue weighted by atomic mass is 19.1. The molecule has 0 saturated heterocycles. The summed E-state index contributed by atoms with van der Waals surface area (Å²) in [6, 6.07) is 12.0. The molecule has 2 N–H and O–H groups in total. The molecule has 4 rings (SSSR count). The number of halogens is 2. The predicted molar refractivity (Wildman–Crippen MR) is 135 cm³/mol. The van der Waals surface area contributed by atoms with Crippen molar-refractivity contribution in [3.05, 3.63) is 77.6 Å². The van der Waals surface area contributed by atoms with Gasteiger partial charge in [0.05, 0.1) is 13.2 Å². The Balaban J connectivity index is 0.00000176. The summed E-state index contributed by atoms with van der Waals surface area (Å²) in [4.78, 5) is 23.0. The quantitative estimate of drug-likeness (QED) is 0.471. The average Bonchev–Trinajstić information content (AvgIpc) is 3.12. The average molecular weight is 497 g/mol. The van der Waals surface area contributed by atoms with Crippen molar-refractivity contribution in [3.63, 3.8) is 0 Å². The van der Waals surface area contributed by atoms with Gasteiger partial charge in [-0.25, -0.2) is 14.4 Å². The van der Waals surface area contributed by atoms with Gasteiger partial charge in [0, 0.05) is 24.4 Å². The van der Waals surface area contributed by atoms with Crippen molar-refractivity contribution in [2.45, 2.75) is 33.2 Å². The maximum atomic E-state index is 14.8. The highest BCUT2D eigenvalue weighted by Crippen LogP contribution is 2.43. The maximum Gasteiger partial charge on any atom is 0.266 e. The predicted octanol–water partition coefficient (Wildman–Crippen LogP) is 4.88. The second-order valence-corrected chi connectivity index (χ2v) is 7.61. The van der Waals surface area contributed by atoms with E-state index in [9.17, 15) is 13.6 Å². The molecule has 0 radical (unpaired) electrons. The van der Waals surface area contributed by atoms with Crippen LogP contribution in [-0.2, 0) is 10.3 Å². The number of ether oxygens (including phenoxy) is 2. The zero-order chi connectivity index (χ0) is 26.5. The summed E-state index contributed by atoms with van der Waals surface area (Å²) in [5.74, 6) is -1.00. The Morgan fingerprint density at radius 3 is 2.19 bits per heavy atom. The van der Waals surface area contributed by atoms with Crippen LogP contribution < -0.4 is 15.2 Å². The van der Waals surface area contributed by atoms with E-state index >= 15 is 0 Å². The molecule has 1 aliphatic rings. The number of rotatable bonds is 7. The highest BCUT2D eigenvalue weighted by molar-refractivity contribution is 6.09. The third-order valence-corrected chi connectivity index (χ3v) is 5.63. The van der Waals surface area contributed by atoms with Crippen LogP contribution in [0.3, 0.4) is 0 Å². The third-order valence-electron chi connectivity index (χ3n) is 5.63. The number of nitrogens with zero attached hydrogens (tertiary/aromatic N) is 3. The first kappa shape index (κ1) is 26.6. The Kier molecular flexibility index (Phi) is 8.24. The monoisotopic (exact) mass is 496 g/mol. The molecule has 1 atom stereocenters. The summed E-state index contributed by atoms with van der Waals surface area (Å²) < 4.78 is 40.6. The van der Waals surface area contributed by atoms with E-state index in [1.54, 1.807) is 18.2 Å². The normalized spacial score (nSPS) is 16.8. The van der Waals surface area contributed by atoms with E-state index in [0.717, 1.165) is 0 Å². The molecule has 0 spiro atoms. The molecule has 0 bridgehead atoms. The van der Waals surface area contributed by atoms with Gasteiger partial charge in [-0.2, -0.15) is 4.39 Å². The topological polar surface area (TPSA) is 90.0 Å². The summed E-state index contributed by atoms with van der Waals surface area (Å²) in [5.41, 5.74) is 5.10.